The van der Waals surface area contributed by atoms with E-state index in [0.29, 0.717) is 11.2 Å². The van der Waals surface area contributed by atoms with Gasteiger partial charge in [-0.25, -0.2) is 4.39 Å². The molecule has 0 N–H and O–H groups in total. The number of unbranched alkanes of at least 4 members (excludes halogenated alkanes) is 7. The van der Waals surface area contributed by atoms with Gasteiger partial charge in [0.1, 0.15) is 11.4 Å². The van der Waals surface area contributed by atoms with Crippen LogP contribution in [-0.4, -0.2) is 16.0 Å². The maximum atomic E-state index is 13.3. The maximum absolute atomic E-state index is 13.3. The predicted molar refractivity (Wildman–Crippen MR) is 80.5 cm³/mol. The molecule has 3 fully saturated rings. The molecule has 1 atom stereocenters. The lowest BCUT2D eigenvalue weighted by Crippen LogP contribution is -2.64. The van der Waals surface area contributed by atoms with Gasteiger partial charge in [0.05, 0.1) is 10.4 Å². The second kappa shape index (κ2) is 7.00. The smallest absolute Gasteiger partial charge is 0.174 e. The van der Waals surface area contributed by atoms with Crippen molar-refractivity contribution >= 4 is 21.1 Å². The van der Waals surface area contributed by atoms with Crippen LogP contribution >= 0.6 is 10.7 Å². The lowest BCUT2D eigenvalue weighted by molar-refractivity contribution is -0.217. The van der Waals surface area contributed by atoms with E-state index in [1.165, 1.54) is 44.9 Å². The quantitative estimate of drug-likeness (QED) is 0.375. The topological polar surface area (TPSA) is 23.1 Å². The molecule has 3 aliphatic carbocycles. The summed E-state index contributed by atoms with van der Waals surface area (Å²) in [5.74, 6) is 0.639. The molecule has 3 rings (SSSR count). The van der Waals surface area contributed by atoms with E-state index in [2.05, 4.69) is 0 Å². The Hall–Kier alpha value is 0.530. The average Bonchev–Trinajstić information content (AvgIpc) is 2.27. The highest BCUT2D eigenvalue weighted by Gasteiger charge is 2.68. The van der Waals surface area contributed by atoms with Gasteiger partial charge >= 0.3 is 0 Å². The largest absolute Gasteiger partial charge is 0.599 e. The summed E-state index contributed by atoms with van der Waals surface area (Å²) < 4.78 is 24.0. The minimum atomic E-state index is -1.13. The molecule has 0 spiro atoms. The van der Waals surface area contributed by atoms with E-state index in [4.69, 9.17) is 10.7 Å². The second-order valence-corrected chi connectivity index (χ2v) is 8.77. The zero-order valence-electron chi connectivity index (χ0n) is 11.8. The SMILES string of the molecule is [O-][S+](Cl)CCCCCCCCCCC12CC(F)(C1)C2. The Morgan fingerprint density at radius 3 is 1.84 bits per heavy atom. The van der Waals surface area contributed by atoms with Gasteiger partial charge in [-0.15, -0.1) is 0 Å². The first-order chi connectivity index (χ1) is 9.04. The second-order valence-electron chi connectivity index (χ2n) is 6.75. The molecule has 0 aliphatic heterocycles. The van der Waals surface area contributed by atoms with Crippen molar-refractivity contribution in [2.45, 2.75) is 82.7 Å². The summed E-state index contributed by atoms with van der Waals surface area (Å²) in [7, 11) is 4.25. The van der Waals surface area contributed by atoms with Gasteiger partial charge in [0.15, 0.2) is 10.7 Å². The zero-order chi connectivity index (χ0) is 13.8. The van der Waals surface area contributed by atoms with Crippen LogP contribution in [0, 0.1) is 5.41 Å². The fraction of sp³-hybridized carbons (Fsp3) is 1.00. The fourth-order valence-electron chi connectivity index (χ4n) is 3.90. The number of alkyl halides is 1. The molecular weight excluding hydrogens is 283 g/mol. The van der Waals surface area contributed by atoms with E-state index in [1.54, 1.807) is 0 Å². The molecule has 3 aliphatic rings. The van der Waals surface area contributed by atoms with Crippen LogP contribution in [0.1, 0.15) is 77.0 Å². The Morgan fingerprint density at radius 1 is 0.895 bits per heavy atom. The van der Waals surface area contributed by atoms with Crippen LogP contribution < -0.4 is 0 Å². The molecule has 1 nitrogen and oxygen atoms in total. The molecule has 0 aromatic heterocycles. The Kier molecular flexibility index (Phi) is 5.86. The summed E-state index contributed by atoms with van der Waals surface area (Å²) in [6.45, 7) is 0. The summed E-state index contributed by atoms with van der Waals surface area (Å²) in [5.41, 5.74) is -0.265. The van der Waals surface area contributed by atoms with Crippen LogP contribution in [0.25, 0.3) is 0 Å². The van der Waals surface area contributed by atoms with E-state index >= 15 is 0 Å². The average molecular weight is 309 g/mol. The van der Waals surface area contributed by atoms with Crippen molar-refractivity contribution in [3.63, 3.8) is 0 Å². The summed E-state index contributed by atoms with van der Waals surface area (Å²) in [6, 6.07) is 0. The van der Waals surface area contributed by atoms with Gasteiger partial charge in [-0.1, -0.05) is 38.5 Å². The van der Waals surface area contributed by atoms with Crippen LogP contribution in [0.15, 0.2) is 0 Å². The zero-order valence-corrected chi connectivity index (χ0v) is 13.3. The highest BCUT2D eigenvalue weighted by Crippen LogP contribution is 2.71. The lowest BCUT2D eigenvalue weighted by Gasteiger charge is -2.66. The van der Waals surface area contributed by atoms with Gasteiger partial charge in [0, 0.05) is 0 Å². The van der Waals surface area contributed by atoms with Crippen LogP contribution in [0.5, 0.6) is 0 Å². The molecule has 0 aromatic carbocycles. The van der Waals surface area contributed by atoms with E-state index in [1.807, 2.05) is 0 Å². The standard InChI is InChI=1S/C15H26ClFOS/c16-19(18)10-8-6-4-2-1-3-5-7-9-14-11-15(17,12-14)13-14/h1-13H2. The van der Waals surface area contributed by atoms with Gasteiger partial charge in [0.2, 0.25) is 0 Å². The molecule has 0 amide bonds. The molecule has 3 saturated carbocycles. The molecule has 0 aromatic rings. The summed E-state index contributed by atoms with van der Waals surface area (Å²) >= 11 is 0. The summed E-state index contributed by atoms with van der Waals surface area (Å²) in [5, 5.41) is 0. The minimum absolute atomic E-state index is 0.450. The van der Waals surface area contributed by atoms with Gasteiger partial charge in [-0.3, -0.25) is 0 Å². The minimum Gasteiger partial charge on any atom is -0.599 e. The Bertz CT molecular complexity index is 266. The first-order valence-corrected chi connectivity index (χ1v) is 9.92. The molecule has 0 radical (unpaired) electrons. The Morgan fingerprint density at radius 2 is 1.37 bits per heavy atom. The number of rotatable bonds is 11. The maximum Gasteiger partial charge on any atom is 0.174 e. The van der Waals surface area contributed by atoms with Crippen LogP contribution in [0.4, 0.5) is 4.39 Å². The van der Waals surface area contributed by atoms with Crippen molar-refractivity contribution < 1.29 is 8.94 Å². The molecule has 112 valence electrons. The van der Waals surface area contributed by atoms with Crippen molar-refractivity contribution in [1.29, 1.82) is 0 Å². The van der Waals surface area contributed by atoms with E-state index in [-0.39, 0.29) is 0 Å². The van der Waals surface area contributed by atoms with Gasteiger partial charge in [0.25, 0.3) is 0 Å². The highest BCUT2D eigenvalue weighted by atomic mass is 35.7. The Labute approximate surface area is 124 Å². The van der Waals surface area contributed by atoms with Crippen molar-refractivity contribution in [3.05, 3.63) is 0 Å². The predicted octanol–water partition coefficient (Wildman–Crippen LogP) is 5.29. The normalized spacial score (nSPS) is 33.6. The first-order valence-electron chi connectivity index (χ1n) is 7.77. The summed E-state index contributed by atoms with van der Waals surface area (Å²) in [4.78, 5) is 0. The van der Waals surface area contributed by atoms with E-state index < -0.39 is 16.1 Å². The van der Waals surface area contributed by atoms with Crippen molar-refractivity contribution in [3.8, 4) is 0 Å². The van der Waals surface area contributed by atoms with Gasteiger partial charge in [-0.05, 0) is 43.9 Å². The fourth-order valence-corrected chi connectivity index (χ4v) is 4.66. The third kappa shape index (κ3) is 4.78. The molecule has 0 heterocycles. The van der Waals surface area contributed by atoms with E-state index in [9.17, 15) is 8.94 Å². The monoisotopic (exact) mass is 308 g/mol. The number of halogens is 2. The molecule has 4 heteroatoms. The van der Waals surface area contributed by atoms with Crippen molar-refractivity contribution in [1.82, 2.24) is 0 Å². The van der Waals surface area contributed by atoms with Crippen LogP contribution in [-0.2, 0) is 10.4 Å². The molecule has 2 bridgehead atoms. The lowest BCUT2D eigenvalue weighted by atomic mass is 9.41. The van der Waals surface area contributed by atoms with E-state index in [0.717, 1.165) is 32.1 Å². The third-order valence-electron chi connectivity index (χ3n) is 4.84. The molecular formula is C15H26ClFOS. The number of hydrogen-bond donors (Lipinski definition) is 0. The van der Waals surface area contributed by atoms with Gasteiger partial charge in [-0.2, -0.15) is 0 Å². The van der Waals surface area contributed by atoms with Crippen molar-refractivity contribution in [2.75, 3.05) is 5.75 Å². The Balaban J connectivity index is 1.30. The highest BCUT2D eigenvalue weighted by molar-refractivity contribution is 8.13. The van der Waals surface area contributed by atoms with Crippen LogP contribution in [0.3, 0.4) is 0 Å². The summed E-state index contributed by atoms with van der Waals surface area (Å²) in [6.07, 6.45) is 13.8. The van der Waals surface area contributed by atoms with Crippen LogP contribution in [0.2, 0.25) is 0 Å². The molecule has 0 saturated heterocycles. The molecule has 1 unspecified atom stereocenters. The third-order valence-corrected chi connectivity index (χ3v) is 5.91. The molecule has 19 heavy (non-hydrogen) atoms. The first kappa shape index (κ1) is 15.9. The van der Waals surface area contributed by atoms with Gasteiger partial charge < -0.3 is 4.55 Å². The number of hydrogen-bond acceptors (Lipinski definition) is 1. The van der Waals surface area contributed by atoms with Crippen molar-refractivity contribution in [2.24, 2.45) is 5.41 Å².